The fourth-order valence-electron chi connectivity index (χ4n) is 6.11. The van der Waals surface area contributed by atoms with Crippen LogP contribution in [0.2, 0.25) is 0 Å². The Morgan fingerprint density at radius 2 is 1.05 bits per heavy atom. The molecular weight excluding hydrogens is 240 g/mol. The summed E-state index contributed by atoms with van der Waals surface area (Å²) in [5.41, 5.74) is 5.34. The summed E-state index contributed by atoms with van der Waals surface area (Å²) >= 11 is 0. The van der Waals surface area contributed by atoms with Crippen molar-refractivity contribution in [3.05, 3.63) is 23.3 Å². The van der Waals surface area contributed by atoms with Gasteiger partial charge in [-0.3, -0.25) is 0 Å². The summed E-state index contributed by atoms with van der Waals surface area (Å²) in [4.78, 5) is 0. The van der Waals surface area contributed by atoms with Crippen molar-refractivity contribution in [1.29, 1.82) is 0 Å². The quantitative estimate of drug-likeness (QED) is 0.569. The second kappa shape index (κ2) is 3.28. The van der Waals surface area contributed by atoms with Crippen LogP contribution in [-0.2, 0) is 0 Å². The summed E-state index contributed by atoms with van der Waals surface area (Å²) in [5, 5.41) is 0. The first-order valence-corrected chi connectivity index (χ1v) is 8.58. The van der Waals surface area contributed by atoms with E-state index in [4.69, 9.17) is 0 Å². The Morgan fingerprint density at radius 3 is 1.25 bits per heavy atom. The molecule has 0 heterocycles. The maximum atomic E-state index is 2.69. The number of fused-ring (bicyclic) bond motifs is 4. The third-order valence-electron chi connectivity index (χ3n) is 8.62. The predicted octanol–water partition coefficient (Wildman–Crippen LogP) is 5.75. The van der Waals surface area contributed by atoms with Crippen LogP contribution < -0.4 is 0 Å². The van der Waals surface area contributed by atoms with Crippen LogP contribution in [0.1, 0.15) is 67.2 Å². The molecule has 4 rings (SSSR count). The van der Waals surface area contributed by atoms with Crippen LogP contribution in [0.4, 0.5) is 0 Å². The third kappa shape index (κ3) is 1.18. The molecule has 0 N–H and O–H groups in total. The van der Waals surface area contributed by atoms with Gasteiger partial charge in [0.2, 0.25) is 0 Å². The fourth-order valence-corrected chi connectivity index (χ4v) is 6.11. The van der Waals surface area contributed by atoms with Crippen LogP contribution in [0.25, 0.3) is 0 Å². The number of rotatable bonds is 1. The molecule has 4 bridgehead atoms. The van der Waals surface area contributed by atoms with E-state index < -0.39 is 0 Å². The minimum Gasteiger partial charge on any atom is -0.0742 e. The summed E-state index contributed by atoms with van der Waals surface area (Å²) in [5.74, 6) is 1.63. The average molecular weight is 270 g/mol. The van der Waals surface area contributed by atoms with Gasteiger partial charge < -0.3 is 0 Å². The average Bonchev–Trinajstić information content (AvgIpc) is 2.87. The first-order valence-electron chi connectivity index (χ1n) is 8.58. The lowest BCUT2D eigenvalue weighted by Gasteiger charge is -2.35. The zero-order valence-corrected chi connectivity index (χ0v) is 14.1. The van der Waals surface area contributed by atoms with Crippen molar-refractivity contribution in [2.45, 2.75) is 67.2 Å². The standard InChI is InChI=1S/C20H30/c1-17(2)15-7-9-19(17,5)11-13(15)14-12-20(6)10-8-16(14)18(20,3)4/h11-12,15-16H,7-10H2,1-6H3/t15-,16-,19+,20+/m1/s1. The van der Waals surface area contributed by atoms with Crippen molar-refractivity contribution in [3.63, 3.8) is 0 Å². The largest absolute Gasteiger partial charge is 0.0742 e. The number of hydrogen-bond donors (Lipinski definition) is 0. The van der Waals surface area contributed by atoms with E-state index in [0.29, 0.717) is 21.7 Å². The third-order valence-corrected chi connectivity index (χ3v) is 8.62. The Morgan fingerprint density at radius 1 is 0.700 bits per heavy atom. The zero-order chi connectivity index (χ0) is 14.6. The van der Waals surface area contributed by atoms with Crippen LogP contribution in [0.15, 0.2) is 23.3 Å². The minimum absolute atomic E-state index is 0.445. The highest BCUT2D eigenvalue weighted by atomic mass is 14.7. The van der Waals surface area contributed by atoms with Gasteiger partial charge in [-0.25, -0.2) is 0 Å². The first kappa shape index (κ1) is 13.2. The van der Waals surface area contributed by atoms with E-state index in [1.54, 1.807) is 11.1 Å². The SMILES string of the molecule is CC1(C)[C@@H]2CC[C@@]1(C)C=C2C1=C[C@]2(C)CC[C@H]1C2(C)C. The molecule has 4 aliphatic rings. The van der Waals surface area contributed by atoms with E-state index in [1.165, 1.54) is 25.7 Å². The van der Waals surface area contributed by atoms with Gasteiger partial charge in [0.05, 0.1) is 0 Å². The van der Waals surface area contributed by atoms with Gasteiger partial charge in [0, 0.05) is 0 Å². The molecule has 2 fully saturated rings. The Hall–Kier alpha value is -0.520. The second-order valence-electron chi connectivity index (χ2n) is 9.66. The predicted molar refractivity (Wildman–Crippen MR) is 85.4 cm³/mol. The Kier molecular flexibility index (Phi) is 2.16. The lowest BCUT2D eigenvalue weighted by Crippen LogP contribution is -2.28. The summed E-state index contributed by atoms with van der Waals surface area (Å²) in [6.45, 7) is 15.0. The van der Waals surface area contributed by atoms with Gasteiger partial charge in [-0.05, 0) is 70.3 Å². The van der Waals surface area contributed by atoms with E-state index in [9.17, 15) is 0 Å². The van der Waals surface area contributed by atoms with Gasteiger partial charge in [-0.2, -0.15) is 0 Å². The van der Waals surface area contributed by atoms with Gasteiger partial charge >= 0.3 is 0 Å². The van der Waals surface area contributed by atoms with Crippen molar-refractivity contribution in [2.75, 3.05) is 0 Å². The molecular formula is C20H30. The molecule has 0 amide bonds. The minimum atomic E-state index is 0.445. The molecule has 0 aromatic carbocycles. The zero-order valence-electron chi connectivity index (χ0n) is 14.1. The van der Waals surface area contributed by atoms with Crippen LogP contribution in [0.3, 0.4) is 0 Å². The molecule has 0 saturated heterocycles. The molecule has 0 aliphatic heterocycles. The van der Waals surface area contributed by atoms with Gasteiger partial charge in [0.25, 0.3) is 0 Å². The monoisotopic (exact) mass is 270 g/mol. The summed E-state index contributed by atoms with van der Waals surface area (Å²) in [6.07, 6.45) is 11.0. The van der Waals surface area contributed by atoms with Crippen LogP contribution in [0.5, 0.6) is 0 Å². The van der Waals surface area contributed by atoms with E-state index in [1.807, 2.05) is 0 Å². The summed E-state index contributed by atoms with van der Waals surface area (Å²) < 4.78 is 0. The Labute approximate surface area is 124 Å². The van der Waals surface area contributed by atoms with Crippen molar-refractivity contribution >= 4 is 0 Å². The molecule has 4 atom stereocenters. The smallest absolute Gasteiger partial charge is 0.00833 e. The Bertz CT molecular complexity index is 494. The number of hydrogen-bond acceptors (Lipinski definition) is 0. The van der Waals surface area contributed by atoms with Crippen molar-refractivity contribution in [1.82, 2.24) is 0 Å². The van der Waals surface area contributed by atoms with Crippen LogP contribution >= 0.6 is 0 Å². The molecule has 4 aliphatic carbocycles. The van der Waals surface area contributed by atoms with Gasteiger partial charge in [-0.15, -0.1) is 0 Å². The van der Waals surface area contributed by atoms with Crippen molar-refractivity contribution in [3.8, 4) is 0 Å². The molecule has 0 heteroatoms. The first-order chi connectivity index (χ1) is 9.12. The molecule has 0 spiro atoms. The molecule has 2 saturated carbocycles. The summed E-state index contributed by atoms with van der Waals surface area (Å²) in [7, 11) is 0. The van der Waals surface area contributed by atoms with Crippen LogP contribution in [-0.4, -0.2) is 0 Å². The van der Waals surface area contributed by atoms with Gasteiger partial charge in [0.15, 0.2) is 0 Å². The van der Waals surface area contributed by atoms with E-state index >= 15 is 0 Å². The number of allylic oxidation sites excluding steroid dienone is 4. The molecule has 20 heavy (non-hydrogen) atoms. The maximum Gasteiger partial charge on any atom is -0.00833 e. The topological polar surface area (TPSA) is 0 Å². The summed E-state index contributed by atoms with van der Waals surface area (Å²) in [6, 6.07) is 0. The van der Waals surface area contributed by atoms with Crippen LogP contribution in [0, 0.1) is 33.5 Å². The maximum absolute atomic E-state index is 2.69. The highest BCUT2D eigenvalue weighted by Gasteiger charge is 2.61. The fraction of sp³-hybridized carbons (Fsp3) is 0.800. The second-order valence-corrected chi connectivity index (χ2v) is 9.66. The van der Waals surface area contributed by atoms with E-state index in [0.717, 1.165) is 11.8 Å². The molecule has 0 unspecified atom stereocenters. The molecule has 0 radical (unpaired) electrons. The van der Waals surface area contributed by atoms with Gasteiger partial charge in [0.1, 0.15) is 0 Å². The highest BCUT2D eigenvalue weighted by molar-refractivity contribution is 5.50. The highest BCUT2D eigenvalue weighted by Crippen LogP contribution is 2.71. The molecule has 0 nitrogen and oxygen atoms in total. The normalized spacial score (nSPS) is 50.5. The van der Waals surface area contributed by atoms with Crippen molar-refractivity contribution in [2.24, 2.45) is 33.5 Å². The molecule has 110 valence electrons. The van der Waals surface area contributed by atoms with Gasteiger partial charge in [-0.1, -0.05) is 53.7 Å². The van der Waals surface area contributed by atoms with Crippen molar-refractivity contribution < 1.29 is 0 Å². The Balaban J connectivity index is 1.80. The van der Waals surface area contributed by atoms with E-state index in [2.05, 4.69) is 53.7 Å². The lowest BCUT2D eigenvalue weighted by atomic mass is 9.69. The molecule has 0 aromatic rings. The van der Waals surface area contributed by atoms with E-state index in [-0.39, 0.29) is 0 Å². The molecule has 0 aromatic heterocycles. The lowest BCUT2D eigenvalue weighted by molar-refractivity contribution is 0.174.